The van der Waals surface area contributed by atoms with Crippen molar-refractivity contribution < 1.29 is 13.9 Å². The first-order chi connectivity index (χ1) is 21.0. The van der Waals surface area contributed by atoms with Crippen molar-refractivity contribution in [1.82, 2.24) is 30.5 Å². The Morgan fingerprint density at radius 2 is 1.88 bits per heavy atom. The molecule has 0 atom stereocenters. The van der Waals surface area contributed by atoms with Gasteiger partial charge in [0, 0.05) is 40.5 Å². The maximum Gasteiger partial charge on any atom is 0.224 e. The fourth-order valence-corrected chi connectivity index (χ4v) is 5.86. The molecule has 0 bridgehead atoms. The Labute approximate surface area is 246 Å². The number of benzene rings is 2. The number of hydrogen-bond donors (Lipinski definition) is 4. The highest BCUT2D eigenvalue weighted by molar-refractivity contribution is 6.01. The largest absolute Gasteiger partial charge is 0.497 e. The van der Waals surface area contributed by atoms with Crippen LogP contribution in [-0.2, 0) is 4.79 Å². The number of carbonyl (C=O) groups is 1. The number of halogens is 1. The minimum absolute atomic E-state index is 0.00116. The lowest BCUT2D eigenvalue weighted by Crippen LogP contribution is -2.30. The summed E-state index contributed by atoms with van der Waals surface area (Å²) < 4.78 is 19.6. The zero-order valence-electron chi connectivity index (χ0n) is 23.6. The Hall–Kier alpha value is -5.09. The van der Waals surface area contributed by atoms with E-state index < -0.39 is 0 Å². The zero-order valence-corrected chi connectivity index (χ0v) is 23.6. The molecule has 4 aromatic heterocycles. The van der Waals surface area contributed by atoms with Crippen LogP contribution in [0.1, 0.15) is 19.3 Å². The van der Waals surface area contributed by atoms with E-state index in [2.05, 4.69) is 35.8 Å². The second-order valence-corrected chi connectivity index (χ2v) is 10.9. The molecule has 6 aromatic rings. The van der Waals surface area contributed by atoms with Gasteiger partial charge in [0.25, 0.3) is 0 Å². The number of pyridine rings is 2. The molecule has 0 aliphatic carbocycles. The van der Waals surface area contributed by atoms with Crippen LogP contribution in [0.25, 0.3) is 55.6 Å². The summed E-state index contributed by atoms with van der Waals surface area (Å²) in [5.41, 5.74) is 6.97. The zero-order chi connectivity index (χ0) is 29.3. The van der Waals surface area contributed by atoms with E-state index in [0.29, 0.717) is 29.5 Å². The lowest BCUT2D eigenvalue weighted by molar-refractivity contribution is -0.117. The monoisotopic (exact) mass is 575 g/mol. The molecular weight excluding hydrogens is 545 g/mol. The van der Waals surface area contributed by atoms with Crippen LogP contribution in [-0.4, -0.2) is 51.3 Å². The van der Waals surface area contributed by atoms with Crippen molar-refractivity contribution in [3.8, 4) is 39.5 Å². The summed E-state index contributed by atoms with van der Waals surface area (Å²) in [7, 11) is 1.53. The third kappa shape index (κ3) is 5.44. The lowest BCUT2D eigenvalue weighted by atomic mass is 9.94. The van der Waals surface area contributed by atoms with Gasteiger partial charge in [-0.2, -0.15) is 5.10 Å². The smallest absolute Gasteiger partial charge is 0.224 e. The fourth-order valence-electron chi connectivity index (χ4n) is 5.86. The third-order valence-electron chi connectivity index (χ3n) is 8.04. The summed E-state index contributed by atoms with van der Waals surface area (Å²) in [5.74, 6) is 0.501. The van der Waals surface area contributed by atoms with Crippen LogP contribution in [0.3, 0.4) is 0 Å². The third-order valence-corrected chi connectivity index (χ3v) is 8.04. The molecule has 0 radical (unpaired) electrons. The van der Waals surface area contributed by atoms with Gasteiger partial charge in [-0.3, -0.25) is 19.9 Å². The number of amides is 1. The normalized spacial score (nSPS) is 13.9. The van der Waals surface area contributed by atoms with Crippen LogP contribution in [0.5, 0.6) is 5.75 Å². The van der Waals surface area contributed by atoms with Crippen molar-refractivity contribution in [2.75, 3.05) is 25.5 Å². The van der Waals surface area contributed by atoms with Crippen LogP contribution >= 0.6 is 0 Å². The van der Waals surface area contributed by atoms with Crippen LogP contribution < -0.4 is 15.4 Å². The number of ether oxygens (including phenoxy) is 1. The van der Waals surface area contributed by atoms with E-state index in [4.69, 9.17) is 4.74 Å². The average Bonchev–Trinajstić information content (AvgIpc) is 3.65. The van der Waals surface area contributed by atoms with E-state index >= 15 is 0 Å². The van der Waals surface area contributed by atoms with Crippen molar-refractivity contribution in [2.24, 2.45) is 5.92 Å². The predicted octanol–water partition coefficient (Wildman–Crippen LogP) is 6.31. The van der Waals surface area contributed by atoms with E-state index in [9.17, 15) is 9.18 Å². The first-order valence-corrected chi connectivity index (χ1v) is 14.3. The molecule has 1 amide bonds. The van der Waals surface area contributed by atoms with Crippen molar-refractivity contribution in [2.45, 2.75) is 19.3 Å². The Balaban J connectivity index is 1.20. The number of fused-ring (bicyclic) bond motifs is 2. The molecule has 216 valence electrons. The summed E-state index contributed by atoms with van der Waals surface area (Å²) in [6.07, 6.45) is 7.67. The molecule has 9 nitrogen and oxygen atoms in total. The Morgan fingerprint density at radius 1 is 1.00 bits per heavy atom. The molecular formula is C33H30FN7O2. The van der Waals surface area contributed by atoms with Crippen LogP contribution in [0.4, 0.5) is 10.1 Å². The van der Waals surface area contributed by atoms with Gasteiger partial charge in [-0.25, -0.2) is 4.39 Å². The molecule has 1 aliphatic heterocycles. The molecule has 7 rings (SSSR count). The molecule has 5 heterocycles. The van der Waals surface area contributed by atoms with Gasteiger partial charge < -0.3 is 20.4 Å². The van der Waals surface area contributed by atoms with Gasteiger partial charge in [0.1, 0.15) is 17.3 Å². The second kappa shape index (κ2) is 11.3. The molecule has 4 N–H and O–H groups in total. The highest BCUT2D eigenvalue weighted by Gasteiger charge is 2.18. The van der Waals surface area contributed by atoms with Crippen molar-refractivity contribution in [3.63, 3.8) is 0 Å². The molecule has 1 aliphatic rings. The molecule has 0 saturated carbocycles. The Kier molecular flexibility index (Phi) is 7.04. The quantitative estimate of drug-likeness (QED) is 0.177. The molecule has 0 unspecified atom stereocenters. The summed E-state index contributed by atoms with van der Waals surface area (Å²) in [6.45, 7) is 1.92. The molecule has 10 heteroatoms. The Morgan fingerprint density at radius 3 is 2.74 bits per heavy atom. The molecule has 43 heavy (non-hydrogen) atoms. The fraction of sp³-hybridized carbons (Fsp3) is 0.212. The van der Waals surface area contributed by atoms with E-state index in [1.54, 1.807) is 18.6 Å². The summed E-state index contributed by atoms with van der Waals surface area (Å²) in [5, 5.41) is 15.8. The maximum absolute atomic E-state index is 14.3. The predicted molar refractivity (Wildman–Crippen MR) is 165 cm³/mol. The Bertz CT molecular complexity index is 1960. The number of aromatic amines is 2. The highest BCUT2D eigenvalue weighted by Crippen LogP contribution is 2.36. The molecule has 1 saturated heterocycles. The number of H-pyrrole nitrogens is 2. The standard InChI is InChI=1S/C33H30FN7O2/c1-43-24-12-20(10-22(34)13-24)25-3-2-4-28-26(25)14-30(39-28)33-27-15-29(37-18-31(27)40-41-33)21-11-23(17-36-16-21)38-32(42)9-19-5-7-35-8-6-19/h2-4,10-19,35,39H,5-9H2,1H3,(H,38,42)(H,40,41). The van der Waals surface area contributed by atoms with Crippen molar-refractivity contribution in [3.05, 3.63) is 79.0 Å². The van der Waals surface area contributed by atoms with Crippen LogP contribution in [0.2, 0.25) is 0 Å². The summed E-state index contributed by atoms with van der Waals surface area (Å²) >= 11 is 0. The lowest BCUT2D eigenvalue weighted by Gasteiger charge is -2.21. The maximum atomic E-state index is 14.3. The number of hydrogen-bond acceptors (Lipinski definition) is 6. The first kappa shape index (κ1) is 26.8. The number of methoxy groups -OCH3 is 1. The summed E-state index contributed by atoms with van der Waals surface area (Å²) in [6, 6.07) is 16.5. The SMILES string of the molecule is COc1cc(F)cc(-c2cccc3[nH]c(-c4n[nH]c5cnc(-c6cncc(NC(=O)CC7CCNCC7)c6)cc45)cc23)c1. The van der Waals surface area contributed by atoms with Crippen LogP contribution in [0.15, 0.2) is 73.2 Å². The van der Waals surface area contributed by atoms with Gasteiger partial charge in [-0.05, 0) is 79.4 Å². The number of anilines is 1. The van der Waals surface area contributed by atoms with Gasteiger partial charge in [0.2, 0.25) is 5.91 Å². The van der Waals surface area contributed by atoms with Crippen LogP contribution in [0, 0.1) is 11.7 Å². The second-order valence-electron chi connectivity index (χ2n) is 10.9. The van der Waals surface area contributed by atoms with Gasteiger partial charge in [0.15, 0.2) is 0 Å². The van der Waals surface area contributed by atoms with Gasteiger partial charge in [0.05, 0.1) is 42.1 Å². The number of aromatic nitrogens is 5. The van der Waals surface area contributed by atoms with Crippen molar-refractivity contribution in [1.29, 1.82) is 0 Å². The number of nitrogens with zero attached hydrogens (tertiary/aromatic N) is 3. The van der Waals surface area contributed by atoms with Gasteiger partial charge in [-0.1, -0.05) is 12.1 Å². The van der Waals surface area contributed by atoms with E-state index in [1.807, 2.05) is 42.5 Å². The molecule has 0 spiro atoms. The van der Waals surface area contributed by atoms with E-state index in [-0.39, 0.29) is 11.7 Å². The minimum Gasteiger partial charge on any atom is -0.497 e. The van der Waals surface area contributed by atoms with E-state index in [1.165, 1.54) is 19.2 Å². The van der Waals surface area contributed by atoms with Crippen molar-refractivity contribution >= 4 is 33.4 Å². The number of carbonyl (C=O) groups excluding carboxylic acids is 1. The van der Waals surface area contributed by atoms with E-state index in [0.717, 1.165) is 75.8 Å². The first-order valence-electron chi connectivity index (χ1n) is 14.3. The number of rotatable bonds is 7. The van der Waals surface area contributed by atoms with Gasteiger partial charge >= 0.3 is 0 Å². The highest BCUT2D eigenvalue weighted by atomic mass is 19.1. The number of piperidine rings is 1. The molecule has 2 aromatic carbocycles. The average molecular weight is 576 g/mol. The molecule has 1 fully saturated rings. The number of nitrogens with one attached hydrogen (secondary N) is 4. The van der Waals surface area contributed by atoms with Gasteiger partial charge in [-0.15, -0.1) is 0 Å². The topological polar surface area (TPSA) is 121 Å². The minimum atomic E-state index is -0.361. The summed E-state index contributed by atoms with van der Waals surface area (Å²) in [4.78, 5) is 25.2.